The highest BCUT2D eigenvalue weighted by atomic mass is 79.9. The number of aromatic nitrogens is 1. The number of anilines is 1. The first-order valence-corrected chi connectivity index (χ1v) is 7.09. The molecule has 0 fully saturated rings. The smallest absolute Gasteiger partial charge is 0.255 e. The molecule has 6 heteroatoms. The maximum absolute atomic E-state index is 12.2. The lowest BCUT2D eigenvalue weighted by molar-refractivity contribution is 0.0950. The third kappa shape index (κ3) is 4.80. The molecule has 0 aliphatic carbocycles. The van der Waals surface area contributed by atoms with E-state index in [1.807, 2.05) is 32.8 Å². The fourth-order valence-corrected chi connectivity index (χ4v) is 2.05. The largest absolute Gasteiger partial charge is 0.362 e. The van der Waals surface area contributed by atoms with E-state index < -0.39 is 0 Å². The highest BCUT2D eigenvalue weighted by Crippen LogP contribution is 2.19. The zero-order chi connectivity index (χ0) is 14.4. The van der Waals surface area contributed by atoms with E-state index in [2.05, 4.69) is 31.5 Å². The Morgan fingerprint density at radius 1 is 1.53 bits per heavy atom. The van der Waals surface area contributed by atoms with Crippen LogP contribution in [0.5, 0.6) is 0 Å². The molecule has 1 aromatic heterocycles. The van der Waals surface area contributed by atoms with E-state index >= 15 is 0 Å². The first kappa shape index (κ1) is 15.9. The number of nitrogens with one attached hydrogen (secondary N) is 2. The molecule has 5 nitrogen and oxygen atoms in total. The van der Waals surface area contributed by atoms with Gasteiger partial charge in [-0.3, -0.25) is 4.79 Å². The molecule has 0 spiro atoms. The van der Waals surface area contributed by atoms with Crippen LogP contribution in [-0.2, 0) is 0 Å². The van der Waals surface area contributed by atoms with Crippen LogP contribution in [0, 0.1) is 0 Å². The van der Waals surface area contributed by atoms with Crippen molar-refractivity contribution in [1.29, 1.82) is 0 Å². The molecule has 1 amide bonds. The minimum absolute atomic E-state index is 0.109. The second-order valence-electron chi connectivity index (χ2n) is 4.59. The standard InChI is InChI=1S/C13H21BrN4O/c1-5-15-9(2)7-17-13(19)11-6-10(14)8-16-12(11)18(3)4/h6,8-9,15H,5,7H2,1-4H3,(H,17,19)/t9-/m1/s1. The lowest BCUT2D eigenvalue weighted by atomic mass is 10.2. The molecule has 2 N–H and O–H groups in total. The first-order chi connectivity index (χ1) is 8.95. The number of nitrogens with zero attached hydrogens (tertiary/aromatic N) is 2. The average Bonchev–Trinajstić information content (AvgIpc) is 2.35. The van der Waals surface area contributed by atoms with Gasteiger partial charge in [-0.2, -0.15) is 0 Å². The van der Waals surface area contributed by atoms with Crippen molar-refractivity contribution in [2.45, 2.75) is 19.9 Å². The van der Waals surface area contributed by atoms with E-state index in [0.717, 1.165) is 11.0 Å². The molecule has 0 aliphatic rings. The average molecular weight is 329 g/mol. The van der Waals surface area contributed by atoms with Gasteiger partial charge in [-0.1, -0.05) is 6.92 Å². The van der Waals surface area contributed by atoms with Crippen LogP contribution in [0.4, 0.5) is 5.82 Å². The minimum Gasteiger partial charge on any atom is -0.362 e. The second kappa shape index (κ2) is 7.45. The molecule has 0 radical (unpaired) electrons. The van der Waals surface area contributed by atoms with Gasteiger partial charge in [0.15, 0.2) is 0 Å². The number of hydrogen-bond acceptors (Lipinski definition) is 4. The quantitative estimate of drug-likeness (QED) is 0.833. The molecular weight excluding hydrogens is 308 g/mol. The Morgan fingerprint density at radius 3 is 2.79 bits per heavy atom. The van der Waals surface area contributed by atoms with E-state index in [1.54, 1.807) is 12.3 Å². The summed E-state index contributed by atoms with van der Waals surface area (Å²) in [4.78, 5) is 18.3. The third-order valence-electron chi connectivity index (χ3n) is 2.62. The van der Waals surface area contributed by atoms with Crippen molar-refractivity contribution >= 4 is 27.7 Å². The molecule has 0 saturated heterocycles. The summed E-state index contributed by atoms with van der Waals surface area (Å²) in [6.45, 7) is 5.56. The van der Waals surface area contributed by atoms with Crippen LogP contribution in [0.15, 0.2) is 16.7 Å². The number of halogens is 1. The lowest BCUT2D eigenvalue weighted by Gasteiger charge is -2.17. The Bertz CT molecular complexity index is 437. The maximum Gasteiger partial charge on any atom is 0.255 e. The van der Waals surface area contributed by atoms with Gasteiger partial charge in [0.05, 0.1) is 5.56 Å². The van der Waals surface area contributed by atoms with Gasteiger partial charge in [0.1, 0.15) is 5.82 Å². The van der Waals surface area contributed by atoms with Gasteiger partial charge < -0.3 is 15.5 Å². The van der Waals surface area contributed by atoms with Crippen molar-refractivity contribution in [3.63, 3.8) is 0 Å². The molecule has 0 unspecified atom stereocenters. The Morgan fingerprint density at radius 2 is 2.21 bits per heavy atom. The molecule has 106 valence electrons. The number of carbonyl (C=O) groups excluding carboxylic acids is 1. The zero-order valence-corrected chi connectivity index (χ0v) is 13.4. The van der Waals surface area contributed by atoms with E-state index in [4.69, 9.17) is 0 Å². The van der Waals surface area contributed by atoms with Crippen molar-refractivity contribution in [3.8, 4) is 0 Å². The van der Waals surface area contributed by atoms with Crippen LogP contribution < -0.4 is 15.5 Å². The Labute approximate surface area is 122 Å². The lowest BCUT2D eigenvalue weighted by Crippen LogP contribution is -2.39. The van der Waals surface area contributed by atoms with Crippen LogP contribution in [0.3, 0.4) is 0 Å². The highest BCUT2D eigenvalue weighted by molar-refractivity contribution is 9.10. The number of rotatable bonds is 6. The summed E-state index contributed by atoms with van der Waals surface area (Å²) in [6, 6.07) is 2.03. The number of carbonyl (C=O) groups is 1. The third-order valence-corrected chi connectivity index (χ3v) is 3.06. The summed E-state index contributed by atoms with van der Waals surface area (Å²) >= 11 is 3.35. The summed E-state index contributed by atoms with van der Waals surface area (Å²) in [6.07, 6.45) is 1.69. The molecule has 1 atom stereocenters. The molecule has 19 heavy (non-hydrogen) atoms. The SMILES string of the molecule is CCN[C@H](C)CNC(=O)c1cc(Br)cnc1N(C)C. The van der Waals surface area contributed by atoms with Gasteiger partial charge in [-0.15, -0.1) is 0 Å². The summed E-state index contributed by atoms with van der Waals surface area (Å²) in [7, 11) is 3.74. The van der Waals surface area contributed by atoms with E-state index in [9.17, 15) is 4.79 Å². The van der Waals surface area contributed by atoms with Crippen LogP contribution in [0.2, 0.25) is 0 Å². The summed E-state index contributed by atoms with van der Waals surface area (Å²) in [5, 5.41) is 6.17. The number of likely N-dealkylation sites (N-methyl/N-ethyl adjacent to an activating group) is 1. The topological polar surface area (TPSA) is 57.3 Å². The maximum atomic E-state index is 12.2. The van der Waals surface area contributed by atoms with Crippen LogP contribution in [-0.4, -0.2) is 44.1 Å². The van der Waals surface area contributed by atoms with Crippen LogP contribution >= 0.6 is 15.9 Å². The number of amides is 1. The molecule has 0 aromatic carbocycles. The van der Waals surface area contributed by atoms with Crippen molar-refractivity contribution < 1.29 is 4.79 Å². The Kier molecular flexibility index (Phi) is 6.24. The molecule has 1 rings (SSSR count). The summed E-state index contributed by atoms with van der Waals surface area (Å²) in [5.41, 5.74) is 0.572. The minimum atomic E-state index is -0.109. The van der Waals surface area contributed by atoms with Crippen LogP contribution in [0.1, 0.15) is 24.2 Å². The van der Waals surface area contributed by atoms with Gasteiger partial charge in [0.25, 0.3) is 5.91 Å². The number of pyridine rings is 1. The Hall–Kier alpha value is -1.14. The predicted octanol–water partition coefficient (Wildman–Crippen LogP) is 1.64. The molecule has 1 aromatic rings. The van der Waals surface area contributed by atoms with E-state index in [-0.39, 0.29) is 11.9 Å². The molecular formula is C13H21BrN4O. The zero-order valence-electron chi connectivity index (χ0n) is 11.8. The van der Waals surface area contributed by atoms with Crippen molar-refractivity contribution in [1.82, 2.24) is 15.6 Å². The highest BCUT2D eigenvalue weighted by Gasteiger charge is 2.15. The van der Waals surface area contributed by atoms with Gasteiger partial charge in [-0.25, -0.2) is 4.98 Å². The van der Waals surface area contributed by atoms with Gasteiger partial charge >= 0.3 is 0 Å². The van der Waals surface area contributed by atoms with E-state index in [1.165, 1.54) is 0 Å². The fourth-order valence-electron chi connectivity index (χ4n) is 1.72. The predicted molar refractivity (Wildman–Crippen MR) is 81.7 cm³/mol. The van der Waals surface area contributed by atoms with Crippen LogP contribution in [0.25, 0.3) is 0 Å². The summed E-state index contributed by atoms with van der Waals surface area (Å²) < 4.78 is 0.794. The van der Waals surface area contributed by atoms with Gasteiger partial charge in [-0.05, 0) is 35.5 Å². The van der Waals surface area contributed by atoms with Gasteiger partial charge in [0.2, 0.25) is 0 Å². The molecule has 0 saturated carbocycles. The molecule has 1 heterocycles. The molecule has 0 bridgehead atoms. The second-order valence-corrected chi connectivity index (χ2v) is 5.50. The van der Waals surface area contributed by atoms with E-state index in [0.29, 0.717) is 17.9 Å². The fraction of sp³-hybridized carbons (Fsp3) is 0.538. The number of hydrogen-bond donors (Lipinski definition) is 2. The molecule has 0 aliphatic heterocycles. The van der Waals surface area contributed by atoms with Crippen molar-refractivity contribution in [2.24, 2.45) is 0 Å². The Balaban J connectivity index is 2.78. The summed E-state index contributed by atoms with van der Waals surface area (Å²) in [5.74, 6) is 0.555. The first-order valence-electron chi connectivity index (χ1n) is 6.30. The van der Waals surface area contributed by atoms with Crippen molar-refractivity contribution in [2.75, 3.05) is 32.1 Å². The van der Waals surface area contributed by atoms with Crippen molar-refractivity contribution in [3.05, 3.63) is 22.3 Å². The normalized spacial score (nSPS) is 12.1. The monoisotopic (exact) mass is 328 g/mol. The van der Waals surface area contributed by atoms with Gasteiger partial charge in [0, 0.05) is 37.4 Å².